The van der Waals surface area contributed by atoms with Crippen LogP contribution in [0.4, 0.5) is 4.79 Å². The van der Waals surface area contributed by atoms with E-state index in [2.05, 4.69) is 5.32 Å². The molecule has 1 heterocycles. The van der Waals surface area contributed by atoms with Crippen molar-refractivity contribution in [2.75, 3.05) is 33.3 Å². The number of hydrogen-bond acceptors (Lipinski definition) is 3. The molecule has 1 N–H and O–H groups in total. The largest absolute Gasteiger partial charge is 0.496 e. The number of methoxy groups -OCH3 is 1. The van der Waals surface area contributed by atoms with Crippen molar-refractivity contribution in [2.45, 2.75) is 46.6 Å². The van der Waals surface area contributed by atoms with E-state index in [1.54, 1.807) is 12.0 Å². The number of rotatable bonds is 3. The summed E-state index contributed by atoms with van der Waals surface area (Å²) >= 11 is 0. The highest BCUT2D eigenvalue weighted by Gasteiger charge is 2.26. The Bertz CT molecular complexity index is 672. The topological polar surface area (TPSA) is 61.9 Å². The van der Waals surface area contributed by atoms with Gasteiger partial charge in [-0.3, -0.25) is 4.79 Å². The van der Waals surface area contributed by atoms with Crippen molar-refractivity contribution in [1.82, 2.24) is 15.1 Å². The first-order chi connectivity index (χ1) is 12.1. The van der Waals surface area contributed by atoms with Crippen LogP contribution in [0.25, 0.3) is 0 Å². The van der Waals surface area contributed by atoms with Gasteiger partial charge < -0.3 is 19.9 Å². The molecule has 3 amide bonds. The number of urea groups is 1. The monoisotopic (exact) mass is 361 g/mol. The van der Waals surface area contributed by atoms with Gasteiger partial charge in [-0.2, -0.15) is 0 Å². The predicted octanol–water partition coefficient (Wildman–Crippen LogP) is 2.51. The van der Waals surface area contributed by atoms with Crippen LogP contribution in [0.3, 0.4) is 0 Å². The standard InChI is InChI=1S/C20H31N3O3/c1-14-12-17(26-6)15(2)11-16(14)13-18(24)22-7-9-23(10-8-22)19(25)21-20(3,4)5/h11-12H,7-10,13H2,1-6H3,(H,21,25). The summed E-state index contributed by atoms with van der Waals surface area (Å²) in [6, 6.07) is 3.94. The molecule has 0 saturated carbocycles. The van der Waals surface area contributed by atoms with Gasteiger partial charge in [-0.25, -0.2) is 4.79 Å². The zero-order chi connectivity index (χ0) is 19.5. The molecule has 6 nitrogen and oxygen atoms in total. The molecule has 144 valence electrons. The van der Waals surface area contributed by atoms with Crippen molar-refractivity contribution >= 4 is 11.9 Å². The van der Waals surface area contributed by atoms with E-state index < -0.39 is 0 Å². The van der Waals surface area contributed by atoms with Crippen LogP contribution in [-0.2, 0) is 11.2 Å². The van der Waals surface area contributed by atoms with Crippen molar-refractivity contribution in [3.63, 3.8) is 0 Å². The van der Waals surface area contributed by atoms with Crippen molar-refractivity contribution in [3.05, 3.63) is 28.8 Å². The molecule has 0 spiro atoms. The fourth-order valence-corrected chi connectivity index (χ4v) is 3.09. The maximum absolute atomic E-state index is 12.7. The minimum atomic E-state index is -0.256. The van der Waals surface area contributed by atoms with Gasteiger partial charge in [0.15, 0.2) is 0 Å². The van der Waals surface area contributed by atoms with Gasteiger partial charge in [-0.15, -0.1) is 0 Å². The Kier molecular flexibility index (Phi) is 6.16. The first kappa shape index (κ1) is 20.1. The zero-order valence-corrected chi connectivity index (χ0v) is 16.8. The molecule has 0 aromatic heterocycles. The number of benzene rings is 1. The van der Waals surface area contributed by atoms with Gasteiger partial charge in [-0.1, -0.05) is 6.07 Å². The summed E-state index contributed by atoms with van der Waals surface area (Å²) in [6.45, 7) is 12.1. The third-order valence-electron chi connectivity index (χ3n) is 4.60. The lowest BCUT2D eigenvalue weighted by atomic mass is 10.0. The number of nitrogens with zero attached hydrogens (tertiary/aromatic N) is 2. The highest BCUT2D eigenvalue weighted by atomic mass is 16.5. The van der Waals surface area contributed by atoms with E-state index in [9.17, 15) is 9.59 Å². The summed E-state index contributed by atoms with van der Waals surface area (Å²) < 4.78 is 5.33. The molecule has 0 aliphatic carbocycles. The molecule has 0 radical (unpaired) electrons. The molecule has 26 heavy (non-hydrogen) atoms. The Morgan fingerprint density at radius 2 is 1.62 bits per heavy atom. The zero-order valence-electron chi connectivity index (χ0n) is 16.8. The molecule has 0 unspecified atom stereocenters. The third kappa shape index (κ3) is 5.13. The SMILES string of the molecule is COc1cc(C)c(CC(=O)N2CCN(C(=O)NC(C)(C)C)CC2)cc1C. The number of ether oxygens (including phenoxy) is 1. The number of amides is 3. The van der Waals surface area contributed by atoms with Gasteiger partial charge in [0.2, 0.25) is 5.91 Å². The van der Waals surface area contributed by atoms with E-state index in [1.165, 1.54) is 0 Å². The van der Waals surface area contributed by atoms with Gasteiger partial charge in [-0.05, 0) is 57.4 Å². The normalized spacial score (nSPS) is 15.0. The smallest absolute Gasteiger partial charge is 0.317 e. The molecule has 1 aliphatic heterocycles. The van der Waals surface area contributed by atoms with Crippen LogP contribution in [0, 0.1) is 13.8 Å². The first-order valence-electron chi connectivity index (χ1n) is 9.09. The van der Waals surface area contributed by atoms with E-state index in [-0.39, 0.29) is 17.5 Å². The summed E-state index contributed by atoms with van der Waals surface area (Å²) in [7, 11) is 1.65. The fourth-order valence-electron chi connectivity index (χ4n) is 3.09. The number of aryl methyl sites for hydroxylation is 2. The Morgan fingerprint density at radius 1 is 1.04 bits per heavy atom. The van der Waals surface area contributed by atoms with Crippen molar-refractivity contribution in [2.24, 2.45) is 0 Å². The van der Waals surface area contributed by atoms with E-state index >= 15 is 0 Å². The summed E-state index contributed by atoms with van der Waals surface area (Å²) in [5, 5.41) is 2.97. The van der Waals surface area contributed by atoms with Crippen LogP contribution < -0.4 is 10.1 Å². The number of carbonyl (C=O) groups is 2. The van der Waals surface area contributed by atoms with Gasteiger partial charge in [0, 0.05) is 31.7 Å². The molecule has 0 atom stereocenters. The minimum absolute atomic E-state index is 0.0637. The Hall–Kier alpha value is -2.24. The van der Waals surface area contributed by atoms with Gasteiger partial charge in [0.25, 0.3) is 0 Å². The van der Waals surface area contributed by atoms with Crippen LogP contribution in [0.2, 0.25) is 0 Å². The van der Waals surface area contributed by atoms with Crippen LogP contribution in [0.1, 0.15) is 37.5 Å². The fraction of sp³-hybridized carbons (Fsp3) is 0.600. The molecule has 2 rings (SSSR count). The average Bonchev–Trinajstić information content (AvgIpc) is 2.56. The lowest BCUT2D eigenvalue weighted by Crippen LogP contribution is -2.56. The summed E-state index contributed by atoms with van der Waals surface area (Å²) in [5.74, 6) is 0.950. The maximum Gasteiger partial charge on any atom is 0.317 e. The van der Waals surface area contributed by atoms with Gasteiger partial charge in [0.1, 0.15) is 5.75 Å². The lowest BCUT2D eigenvalue weighted by Gasteiger charge is -2.36. The molecule has 1 aliphatic rings. The molecular weight excluding hydrogens is 330 g/mol. The molecule has 1 saturated heterocycles. The number of hydrogen-bond donors (Lipinski definition) is 1. The van der Waals surface area contributed by atoms with Gasteiger partial charge >= 0.3 is 6.03 Å². The second-order valence-electron chi connectivity index (χ2n) is 7.97. The van der Waals surface area contributed by atoms with Crippen molar-refractivity contribution in [1.29, 1.82) is 0 Å². The van der Waals surface area contributed by atoms with Crippen LogP contribution in [0.5, 0.6) is 5.75 Å². The van der Waals surface area contributed by atoms with Crippen LogP contribution in [0.15, 0.2) is 12.1 Å². The number of nitrogens with one attached hydrogen (secondary N) is 1. The first-order valence-corrected chi connectivity index (χ1v) is 9.09. The van der Waals surface area contributed by atoms with Crippen LogP contribution in [-0.4, -0.2) is 60.6 Å². The van der Waals surface area contributed by atoms with E-state index in [1.807, 2.05) is 51.7 Å². The van der Waals surface area contributed by atoms with E-state index in [0.29, 0.717) is 32.6 Å². The highest BCUT2D eigenvalue weighted by molar-refractivity contribution is 5.80. The minimum Gasteiger partial charge on any atom is -0.496 e. The second kappa shape index (κ2) is 7.98. The van der Waals surface area contributed by atoms with E-state index in [0.717, 1.165) is 22.4 Å². The van der Waals surface area contributed by atoms with E-state index in [4.69, 9.17) is 4.74 Å². The Balaban J connectivity index is 1.93. The Morgan fingerprint density at radius 3 is 2.15 bits per heavy atom. The van der Waals surface area contributed by atoms with Crippen molar-refractivity contribution in [3.8, 4) is 5.75 Å². The Labute approximate surface area is 156 Å². The third-order valence-corrected chi connectivity index (χ3v) is 4.60. The highest BCUT2D eigenvalue weighted by Crippen LogP contribution is 2.23. The quantitative estimate of drug-likeness (QED) is 0.900. The van der Waals surface area contributed by atoms with Gasteiger partial charge in [0.05, 0.1) is 13.5 Å². The van der Waals surface area contributed by atoms with Crippen molar-refractivity contribution < 1.29 is 14.3 Å². The molecule has 1 aromatic rings. The molecule has 0 bridgehead atoms. The number of piperazine rings is 1. The molecule has 6 heteroatoms. The molecule has 1 aromatic carbocycles. The van der Waals surface area contributed by atoms with Crippen LogP contribution >= 0.6 is 0 Å². The number of carbonyl (C=O) groups excluding carboxylic acids is 2. The summed E-state index contributed by atoms with van der Waals surface area (Å²) in [6.07, 6.45) is 0.380. The summed E-state index contributed by atoms with van der Waals surface area (Å²) in [5.41, 5.74) is 2.86. The lowest BCUT2D eigenvalue weighted by molar-refractivity contribution is -0.131. The average molecular weight is 361 g/mol. The maximum atomic E-state index is 12.7. The molecule has 1 fully saturated rings. The summed E-state index contributed by atoms with van der Waals surface area (Å²) in [4.78, 5) is 28.5. The predicted molar refractivity (Wildman–Crippen MR) is 103 cm³/mol. The second-order valence-corrected chi connectivity index (χ2v) is 7.97. The molecular formula is C20H31N3O3.